The fraction of sp³-hybridized carbons (Fsp3) is 0.385. The van der Waals surface area contributed by atoms with Crippen molar-refractivity contribution in [2.75, 3.05) is 13.6 Å². The van der Waals surface area contributed by atoms with E-state index in [2.05, 4.69) is 10.3 Å². The van der Waals surface area contributed by atoms with Crippen LogP contribution in [0, 0.1) is 0 Å². The van der Waals surface area contributed by atoms with Crippen LogP contribution in [-0.4, -0.2) is 39.4 Å². The predicted molar refractivity (Wildman–Crippen MR) is 71.7 cm³/mol. The van der Waals surface area contributed by atoms with Crippen LogP contribution in [0.4, 0.5) is 0 Å². The summed E-state index contributed by atoms with van der Waals surface area (Å²) in [4.78, 5) is 25.4. The van der Waals surface area contributed by atoms with E-state index >= 15 is 0 Å². The van der Waals surface area contributed by atoms with Gasteiger partial charge in [0.15, 0.2) is 0 Å². The number of aryl methyl sites for hydroxylation is 1. The lowest BCUT2D eigenvalue weighted by Crippen LogP contribution is -2.30. The van der Waals surface area contributed by atoms with E-state index in [0.29, 0.717) is 17.4 Å². The topological polar surface area (TPSA) is 68.1 Å². The van der Waals surface area contributed by atoms with Gasteiger partial charge in [-0.2, -0.15) is 0 Å². The van der Waals surface area contributed by atoms with Gasteiger partial charge in [0, 0.05) is 20.0 Å². The monoisotopic (exact) mass is 260 g/mol. The highest BCUT2D eigenvalue weighted by Crippen LogP contribution is 2.03. The number of hydrogen-bond acceptors (Lipinski definition) is 4. The van der Waals surface area contributed by atoms with Crippen LogP contribution < -0.4 is 5.56 Å². The van der Waals surface area contributed by atoms with Gasteiger partial charge in [0.1, 0.15) is 5.52 Å². The zero-order valence-corrected chi connectivity index (χ0v) is 11.0. The molecular weight excluding hydrogens is 244 g/mol. The highest BCUT2D eigenvalue weighted by Gasteiger charge is 2.09. The molecule has 100 valence electrons. The molecule has 19 heavy (non-hydrogen) atoms. The van der Waals surface area contributed by atoms with Crippen molar-refractivity contribution >= 4 is 16.8 Å². The molecule has 6 nitrogen and oxygen atoms in total. The summed E-state index contributed by atoms with van der Waals surface area (Å²) in [7, 11) is 1.73. The second kappa shape index (κ2) is 5.60. The first-order valence-electron chi connectivity index (χ1n) is 6.20. The zero-order valence-electron chi connectivity index (χ0n) is 11.0. The maximum absolute atomic E-state index is 12.1. The highest BCUT2D eigenvalue weighted by molar-refractivity contribution is 5.77. The number of fused-ring (bicyclic) bond motifs is 1. The second-order valence-corrected chi connectivity index (χ2v) is 4.29. The first-order chi connectivity index (χ1) is 9.13. The van der Waals surface area contributed by atoms with E-state index in [4.69, 9.17) is 0 Å². The van der Waals surface area contributed by atoms with E-state index in [0.717, 1.165) is 0 Å². The minimum atomic E-state index is -0.211. The van der Waals surface area contributed by atoms with E-state index in [1.54, 1.807) is 36.2 Å². The number of benzene rings is 1. The molecule has 0 saturated carbocycles. The summed E-state index contributed by atoms with van der Waals surface area (Å²) in [6.45, 7) is 2.80. The van der Waals surface area contributed by atoms with Crippen LogP contribution in [0.15, 0.2) is 29.1 Å². The van der Waals surface area contributed by atoms with Crippen LogP contribution in [0.2, 0.25) is 0 Å². The first-order valence-corrected chi connectivity index (χ1v) is 6.20. The molecule has 0 aliphatic carbocycles. The molecule has 6 heteroatoms. The molecule has 0 bridgehead atoms. The number of carbonyl (C=O) groups excluding carboxylic acids is 1. The molecule has 1 amide bonds. The standard InChI is InChI=1S/C13H16N4O2/c1-3-16(2)12(18)8-9-17-13(19)10-6-4-5-7-11(10)14-15-17/h4-7H,3,8-9H2,1-2H3. The Morgan fingerprint density at radius 1 is 1.37 bits per heavy atom. The van der Waals surface area contributed by atoms with Gasteiger partial charge in [0.05, 0.1) is 11.9 Å². The zero-order chi connectivity index (χ0) is 13.8. The summed E-state index contributed by atoms with van der Waals surface area (Å²) in [6.07, 6.45) is 0.247. The Morgan fingerprint density at radius 3 is 2.84 bits per heavy atom. The Balaban J connectivity index is 2.20. The van der Waals surface area contributed by atoms with Crippen molar-refractivity contribution < 1.29 is 4.79 Å². The number of rotatable bonds is 4. The third kappa shape index (κ3) is 2.78. The summed E-state index contributed by atoms with van der Waals surface area (Å²) in [5.41, 5.74) is 0.360. The Labute approximate surface area is 110 Å². The summed E-state index contributed by atoms with van der Waals surface area (Å²) in [5.74, 6) is -0.00985. The molecule has 1 aromatic heterocycles. The molecule has 0 aliphatic heterocycles. The smallest absolute Gasteiger partial charge is 0.277 e. The van der Waals surface area contributed by atoms with E-state index in [1.807, 2.05) is 6.92 Å². The first kappa shape index (κ1) is 13.2. The Morgan fingerprint density at radius 2 is 2.11 bits per heavy atom. The van der Waals surface area contributed by atoms with Gasteiger partial charge in [0.2, 0.25) is 5.91 Å². The lowest BCUT2D eigenvalue weighted by Gasteiger charge is -2.14. The third-order valence-electron chi connectivity index (χ3n) is 3.07. The quantitative estimate of drug-likeness (QED) is 0.810. The van der Waals surface area contributed by atoms with Gasteiger partial charge in [-0.05, 0) is 19.1 Å². The molecule has 0 saturated heterocycles. The molecule has 2 aromatic rings. The lowest BCUT2D eigenvalue weighted by molar-refractivity contribution is -0.130. The minimum absolute atomic E-state index is 0.00985. The van der Waals surface area contributed by atoms with Crippen molar-refractivity contribution in [1.82, 2.24) is 19.9 Å². The van der Waals surface area contributed by atoms with Gasteiger partial charge < -0.3 is 4.90 Å². The van der Waals surface area contributed by atoms with Gasteiger partial charge in [-0.15, -0.1) is 5.10 Å². The molecule has 0 N–H and O–H groups in total. The molecule has 1 aromatic carbocycles. The Bertz CT molecular complexity index is 650. The van der Waals surface area contributed by atoms with Crippen LogP contribution in [0.25, 0.3) is 10.9 Å². The van der Waals surface area contributed by atoms with Crippen molar-refractivity contribution in [3.8, 4) is 0 Å². The molecule has 0 spiro atoms. The largest absolute Gasteiger partial charge is 0.346 e. The predicted octanol–water partition coefficient (Wildman–Crippen LogP) is 0.660. The van der Waals surface area contributed by atoms with Crippen LogP contribution in [0.5, 0.6) is 0 Å². The van der Waals surface area contributed by atoms with Crippen molar-refractivity contribution in [3.05, 3.63) is 34.6 Å². The summed E-state index contributed by atoms with van der Waals surface area (Å²) in [6, 6.07) is 7.04. The number of nitrogens with zero attached hydrogens (tertiary/aromatic N) is 4. The van der Waals surface area contributed by atoms with Crippen molar-refractivity contribution in [3.63, 3.8) is 0 Å². The normalized spacial score (nSPS) is 10.6. The summed E-state index contributed by atoms with van der Waals surface area (Å²) < 4.78 is 1.24. The molecule has 0 unspecified atom stereocenters. The number of hydrogen-bond donors (Lipinski definition) is 0. The Kier molecular flexibility index (Phi) is 3.89. The van der Waals surface area contributed by atoms with Crippen molar-refractivity contribution in [2.24, 2.45) is 0 Å². The number of aromatic nitrogens is 3. The fourth-order valence-corrected chi connectivity index (χ4v) is 1.74. The molecule has 0 atom stereocenters. The van der Waals surface area contributed by atoms with Gasteiger partial charge in [-0.3, -0.25) is 9.59 Å². The lowest BCUT2D eigenvalue weighted by atomic mass is 10.2. The third-order valence-corrected chi connectivity index (χ3v) is 3.07. The summed E-state index contributed by atoms with van der Waals surface area (Å²) >= 11 is 0. The van der Waals surface area contributed by atoms with Crippen LogP contribution in [-0.2, 0) is 11.3 Å². The maximum atomic E-state index is 12.1. The maximum Gasteiger partial charge on any atom is 0.277 e. The van der Waals surface area contributed by atoms with Gasteiger partial charge >= 0.3 is 0 Å². The summed E-state index contributed by atoms with van der Waals surface area (Å²) in [5, 5.41) is 8.34. The van der Waals surface area contributed by atoms with Crippen LogP contribution >= 0.6 is 0 Å². The van der Waals surface area contributed by atoms with E-state index in [-0.39, 0.29) is 24.4 Å². The highest BCUT2D eigenvalue weighted by atomic mass is 16.2. The number of carbonyl (C=O) groups is 1. The van der Waals surface area contributed by atoms with Gasteiger partial charge in [-0.1, -0.05) is 17.3 Å². The average molecular weight is 260 g/mol. The SMILES string of the molecule is CCN(C)C(=O)CCn1nnc2ccccc2c1=O. The van der Waals surface area contributed by atoms with Crippen LogP contribution in [0.1, 0.15) is 13.3 Å². The molecular formula is C13H16N4O2. The van der Waals surface area contributed by atoms with Crippen molar-refractivity contribution in [2.45, 2.75) is 19.9 Å². The van der Waals surface area contributed by atoms with Gasteiger partial charge in [0.25, 0.3) is 5.56 Å². The number of amides is 1. The second-order valence-electron chi connectivity index (χ2n) is 4.29. The molecule has 2 rings (SSSR count). The average Bonchev–Trinajstić information content (AvgIpc) is 2.45. The minimum Gasteiger partial charge on any atom is -0.346 e. The van der Waals surface area contributed by atoms with E-state index in [1.165, 1.54) is 4.68 Å². The molecule has 1 heterocycles. The molecule has 0 fully saturated rings. The molecule has 0 aliphatic rings. The molecule has 0 radical (unpaired) electrons. The van der Waals surface area contributed by atoms with E-state index in [9.17, 15) is 9.59 Å². The fourth-order valence-electron chi connectivity index (χ4n) is 1.74. The van der Waals surface area contributed by atoms with Gasteiger partial charge in [-0.25, -0.2) is 4.68 Å². The van der Waals surface area contributed by atoms with E-state index < -0.39 is 0 Å². The van der Waals surface area contributed by atoms with Crippen molar-refractivity contribution in [1.29, 1.82) is 0 Å². The Hall–Kier alpha value is -2.24. The van der Waals surface area contributed by atoms with Crippen LogP contribution in [0.3, 0.4) is 0 Å².